The number of para-hydroxylation sites is 1. The van der Waals surface area contributed by atoms with Crippen molar-refractivity contribution in [2.45, 2.75) is 39.2 Å². The maximum Gasteiger partial charge on any atom is 0.124 e. The summed E-state index contributed by atoms with van der Waals surface area (Å²) in [6.45, 7) is 9.84. The van der Waals surface area contributed by atoms with Crippen molar-refractivity contribution in [3.8, 4) is 5.75 Å². The molecule has 0 amide bonds. The minimum atomic E-state index is 0.380. The molecule has 0 aliphatic heterocycles. The van der Waals surface area contributed by atoms with Gasteiger partial charge in [-0.25, -0.2) is 0 Å². The Morgan fingerprint density at radius 1 is 1.33 bits per heavy atom. The van der Waals surface area contributed by atoms with E-state index >= 15 is 0 Å². The predicted molar refractivity (Wildman–Crippen MR) is 78.1 cm³/mol. The lowest BCUT2D eigenvalue weighted by molar-refractivity contribution is 0.316. The van der Waals surface area contributed by atoms with E-state index in [9.17, 15) is 0 Å². The summed E-state index contributed by atoms with van der Waals surface area (Å²) in [4.78, 5) is 0. The summed E-state index contributed by atoms with van der Waals surface area (Å²) >= 11 is 0. The molecule has 0 saturated carbocycles. The highest BCUT2D eigenvalue weighted by Gasteiger charge is 2.12. The fraction of sp³-hybridized carbons (Fsp3) is 0.500. The fourth-order valence-corrected chi connectivity index (χ4v) is 1.94. The van der Waals surface area contributed by atoms with Gasteiger partial charge in [0.25, 0.3) is 0 Å². The van der Waals surface area contributed by atoms with E-state index in [0.717, 1.165) is 31.6 Å². The van der Waals surface area contributed by atoms with E-state index in [1.54, 1.807) is 0 Å². The van der Waals surface area contributed by atoms with Gasteiger partial charge in [0.15, 0.2) is 0 Å². The standard InChI is InChI=1S/C16H25NO/c1-4-7-13-18-16-11-9-8-10-14(16)15(6-3)17-12-5-2/h4,8-11,15,17H,1,5-7,12-13H2,2-3H3. The summed E-state index contributed by atoms with van der Waals surface area (Å²) in [5.74, 6) is 0.995. The lowest BCUT2D eigenvalue weighted by atomic mass is 10.0. The molecular weight excluding hydrogens is 222 g/mol. The summed E-state index contributed by atoms with van der Waals surface area (Å²) in [6, 6.07) is 8.69. The molecule has 0 spiro atoms. The van der Waals surface area contributed by atoms with Crippen molar-refractivity contribution in [1.29, 1.82) is 0 Å². The van der Waals surface area contributed by atoms with Gasteiger partial charge < -0.3 is 10.1 Å². The zero-order valence-electron chi connectivity index (χ0n) is 11.6. The van der Waals surface area contributed by atoms with Crippen LogP contribution < -0.4 is 10.1 Å². The first-order chi connectivity index (χ1) is 8.83. The van der Waals surface area contributed by atoms with Crippen molar-refractivity contribution in [3.63, 3.8) is 0 Å². The van der Waals surface area contributed by atoms with Gasteiger partial charge in [-0.1, -0.05) is 38.1 Å². The number of nitrogens with one attached hydrogen (secondary N) is 1. The van der Waals surface area contributed by atoms with Crippen molar-refractivity contribution in [2.75, 3.05) is 13.2 Å². The monoisotopic (exact) mass is 247 g/mol. The Morgan fingerprint density at radius 2 is 2.11 bits per heavy atom. The molecule has 0 heterocycles. The first-order valence-electron chi connectivity index (χ1n) is 6.89. The van der Waals surface area contributed by atoms with Gasteiger partial charge >= 0.3 is 0 Å². The minimum Gasteiger partial charge on any atom is -0.493 e. The maximum absolute atomic E-state index is 5.83. The zero-order chi connectivity index (χ0) is 13.2. The number of hydrogen-bond acceptors (Lipinski definition) is 2. The van der Waals surface area contributed by atoms with Crippen LogP contribution in [-0.2, 0) is 0 Å². The third-order valence-electron chi connectivity index (χ3n) is 2.92. The van der Waals surface area contributed by atoms with E-state index in [-0.39, 0.29) is 0 Å². The second kappa shape index (κ2) is 8.76. The first-order valence-corrected chi connectivity index (χ1v) is 6.89. The minimum absolute atomic E-state index is 0.380. The molecule has 0 aliphatic carbocycles. The van der Waals surface area contributed by atoms with Gasteiger partial charge in [-0.15, -0.1) is 6.58 Å². The highest BCUT2D eigenvalue weighted by Crippen LogP contribution is 2.27. The van der Waals surface area contributed by atoms with Crippen molar-refractivity contribution < 1.29 is 4.74 Å². The van der Waals surface area contributed by atoms with Crippen LogP contribution in [0.4, 0.5) is 0 Å². The molecule has 1 N–H and O–H groups in total. The molecule has 0 radical (unpaired) electrons. The Hall–Kier alpha value is -1.28. The van der Waals surface area contributed by atoms with Gasteiger partial charge in [0.1, 0.15) is 5.75 Å². The Kier molecular flexibility index (Phi) is 7.19. The van der Waals surface area contributed by atoms with Crippen LogP contribution in [0.1, 0.15) is 44.7 Å². The number of rotatable bonds is 9. The van der Waals surface area contributed by atoms with Crippen LogP contribution >= 0.6 is 0 Å². The van der Waals surface area contributed by atoms with Gasteiger partial charge in [-0.3, -0.25) is 0 Å². The summed E-state index contributed by atoms with van der Waals surface area (Å²) in [5.41, 5.74) is 1.26. The average Bonchev–Trinajstić information content (AvgIpc) is 2.41. The Balaban J connectivity index is 2.74. The molecule has 18 heavy (non-hydrogen) atoms. The van der Waals surface area contributed by atoms with Crippen molar-refractivity contribution in [1.82, 2.24) is 5.32 Å². The van der Waals surface area contributed by atoms with E-state index in [2.05, 4.69) is 43.9 Å². The predicted octanol–water partition coefficient (Wildman–Crippen LogP) is 4.09. The number of ether oxygens (including phenoxy) is 1. The highest BCUT2D eigenvalue weighted by molar-refractivity contribution is 5.35. The highest BCUT2D eigenvalue weighted by atomic mass is 16.5. The van der Waals surface area contributed by atoms with Crippen molar-refractivity contribution >= 4 is 0 Å². The summed E-state index contributed by atoms with van der Waals surface area (Å²) in [5, 5.41) is 3.57. The molecule has 0 aliphatic rings. The fourth-order valence-electron chi connectivity index (χ4n) is 1.94. The second-order valence-corrected chi connectivity index (χ2v) is 4.38. The van der Waals surface area contributed by atoms with E-state index in [4.69, 9.17) is 4.74 Å². The quantitative estimate of drug-likeness (QED) is 0.524. The molecule has 1 unspecified atom stereocenters. The molecule has 0 fully saturated rings. The van der Waals surface area contributed by atoms with Crippen LogP contribution in [0.5, 0.6) is 5.75 Å². The van der Waals surface area contributed by atoms with Gasteiger partial charge in [-0.2, -0.15) is 0 Å². The zero-order valence-corrected chi connectivity index (χ0v) is 11.6. The van der Waals surface area contributed by atoms with Gasteiger partial charge in [0, 0.05) is 11.6 Å². The average molecular weight is 247 g/mol. The third-order valence-corrected chi connectivity index (χ3v) is 2.92. The molecule has 100 valence electrons. The lowest BCUT2D eigenvalue weighted by Gasteiger charge is -2.20. The Labute approximate surface area is 111 Å². The number of benzene rings is 1. The summed E-state index contributed by atoms with van der Waals surface area (Å²) in [7, 11) is 0. The van der Waals surface area contributed by atoms with E-state index in [0.29, 0.717) is 12.6 Å². The molecule has 0 bridgehead atoms. The van der Waals surface area contributed by atoms with E-state index < -0.39 is 0 Å². The van der Waals surface area contributed by atoms with Gasteiger partial charge in [0.05, 0.1) is 6.61 Å². The maximum atomic E-state index is 5.83. The van der Waals surface area contributed by atoms with Crippen LogP contribution in [0.15, 0.2) is 36.9 Å². The molecule has 0 aromatic heterocycles. The van der Waals surface area contributed by atoms with Gasteiger partial charge in [-0.05, 0) is 31.9 Å². The SMILES string of the molecule is C=CCCOc1ccccc1C(CC)NCCC. The molecule has 1 aromatic carbocycles. The second-order valence-electron chi connectivity index (χ2n) is 4.38. The molecule has 2 nitrogen and oxygen atoms in total. The normalized spacial score (nSPS) is 12.1. The van der Waals surface area contributed by atoms with E-state index in [1.807, 2.05) is 12.1 Å². The Morgan fingerprint density at radius 3 is 2.78 bits per heavy atom. The molecule has 1 rings (SSSR count). The molecular formula is C16H25NO. The number of hydrogen-bond donors (Lipinski definition) is 1. The molecule has 1 atom stereocenters. The van der Waals surface area contributed by atoms with Crippen LogP contribution in [0.3, 0.4) is 0 Å². The summed E-state index contributed by atoms with van der Waals surface area (Å²) in [6.07, 6.45) is 4.99. The van der Waals surface area contributed by atoms with Gasteiger partial charge in [0.2, 0.25) is 0 Å². The largest absolute Gasteiger partial charge is 0.493 e. The van der Waals surface area contributed by atoms with Crippen molar-refractivity contribution in [3.05, 3.63) is 42.5 Å². The summed E-state index contributed by atoms with van der Waals surface area (Å²) < 4.78 is 5.83. The molecule has 0 saturated heterocycles. The first kappa shape index (κ1) is 14.8. The topological polar surface area (TPSA) is 21.3 Å². The van der Waals surface area contributed by atoms with Crippen LogP contribution in [0.25, 0.3) is 0 Å². The van der Waals surface area contributed by atoms with Crippen LogP contribution in [-0.4, -0.2) is 13.2 Å². The van der Waals surface area contributed by atoms with Crippen LogP contribution in [0.2, 0.25) is 0 Å². The third kappa shape index (κ3) is 4.53. The molecule has 2 heteroatoms. The Bertz CT molecular complexity index is 349. The smallest absolute Gasteiger partial charge is 0.124 e. The molecule has 1 aromatic rings. The van der Waals surface area contributed by atoms with E-state index in [1.165, 1.54) is 5.56 Å². The lowest BCUT2D eigenvalue weighted by Crippen LogP contribution is -2.22. The van der Waals surface area contributed by atoms with Crippen molar-refractivity contribution in [2.24, 2.45) is 0 Å². The van der Waals surface area contributed by atoms with Crippen LogP contribution in [0, 0.1) is 0 Å².